The summed E-state index contributed by atoms with van der Waals surface area (Å²) in [5, 5.41) is 3.09. The molecule has 0 fully saturated rings. The number of rotatable bonds is 15. The number of hydrogen-bond donors (Lipinski definition) is 1. The zero-order valence-electron chi connectivity index (χ0n) is 24.6. The first-order valence-electron chi connectivity index (χ1n) is 14.4. The van der Waals surface area contributed by atoms with E-state index in [9.17, 15) is 9.59 Å². The van der Waals surface area contributed by atoms with Crippen molar-refractivity contribution in [1.82, 2.24) is 10.2 Å². The fourth-order valence-electron chi connectivity index (χ4n) is 4.59. The first-order valence-corrected chi connectivity index (χ1v) is 14.4. The van der Waals surface area contributed by atoms with Crippen LogP contribution < -0.4 is 14.8 Å². The maximum Gasteiger partial charge on any atom is 0.243 e. The van der Waals surface area contributed by atoms with Gasteiger partial charge in [-0.1, -0.05) is 74.5 Å². The highest BCUT2D eigenvalue weighted by Gasteiger charge is 2.30. The van der Waals surface area contributed by atoms with Crippen LogP contribution in [0, 0.1) is 12.8 Å². The molecule has 0 spiro atoms. The van der Waals surface area contributed by atoms with Gasteiger partial charge in [0.15, 0.2) is 11.5 Å². The molecule has 0 aliphatic carbocycles. The molecule has 214 valence electrons. The Morgan fingerprint density at radius 1 is 0.850 bits per heavy atom. The molecule has 1 N–H and O–H groups in total. The van der Waals surface area contributed by atoms with Gasteiger partial charge in [0.25, 0.3) is 0 Å². The molecule has 0 aliphatic heterocycles. The lowest BCUT2D eigenvalue weighted by Gasteiger charge is -2.32. The van der Waals surface area contributed by atoms with Crippen LogP contribution >= 0.6 is 0 Å². The van der Waals surface area contributed by atoms with Crippen LogP contribution in [0.15, 0.2) is 72.8 Å². The molecule has 0 saturated carbocycles. The van der Waals surface area contributed by atoms with Crippen molar-refractivity contribution in [1.29, 1.82) is 0 Å². The van der Waals surface area contributed by atoms with Gasteiger partial charge >= 0.3 is 0 Å². The second-order valence-corrected chi connectivity index (χ2v) is 10.4. The second-order valence-electron chi connectivity index (χ2n) is 10.4. The van der Waals surface area contributed by atoms with Gasteiger partial charge in [-0.3, -0.25) is 9.59 Å². The standard InChI is InChI=1S/C34H44N2O4/c1-6-39-31-19-17-28(22-32(31)40-7-2)18-20-33(37)36(24-29-16-12-11-13-26(29)5)30(34(38)35-23-25(3)4)21-27-14-9-8-10-15-27/h8-17,19,22,25,30H,6-7,18,20-21,23-24H2,1-5H3,(H,35,38). The summed E-state index contributed by atoms with van der Waals surface area (Å²) < 4.78 is 11.5. The number of carbonyl (C=O) groups is 2. The topological polar surface area (TPSA) is 67.9 Å². The van der Waals surface area contributed by atoms with Crippen LogP contribution in [0.2, 0.25) is 0 Å². The zero-order valence-corrected chi connectivity index (χ0v) is 24.6. The van der Waals surface area contributed by atoms with Gasteiger partial charge in [0, 0.05) is 25.9 Å². The summed E-state index contributed by atoms with van der Waals surface area (Å²) in [5.74, 6) is 1.50. The van der Waals surface area contributed by atoms with Crippen molar-refractivity contribution in [2.24, 2.45) is 5.92 Å². The first kappa shape index (κ1) is 30.7. The van der Waals surface area contributed by atoms with Crippen LogP contribution in [0.1, 0.15) is 56.4 Å². The molecule has 0 radical (unpaired) electrons. The number of nitrogens with zero attached hydrogens (tertiary/aromatic N) is 1. The van der Waals surface area contributed by atoms with Crippen molar-refractivity contribution < 1.29 is 19.1 Å². The van der Waals surface area contributed by atoms with Crippen molar-refractivity contribution in [2.75, 3.05) is 19.8 Å². The highest BCUT2D eigenvalue weighted by molar-refractivity contribution is 5.88. The maximum atomic E-state index is 14.0. The minimum absolute atomic E-state index is 0.0595. The smallest absolute Gasteiger partial charge is 0.243 e. The largest absolute Gasteiger partial charge is 0.490 e. The fraction of sp³-hybridized carbons (Fsp3) is 0.412. The van der Waals surface area contributed by atoms with Gasteiger partial charge < -0.3 is 19.7 Å². The average Bonchev–Trinajstić information content (AvgIpc) is 2.95. The van der Waals surface area contributed by atoms with Crippen molar-refractivity contribution in [2.45, 2.75) is 66.5 Å². The number of hydrogen-bond acceptors (Lipinski definition) is 4. The number of aryl methyl sites for hydroxylation is 2. The molecule has 6 nitrogen and oxygen atoms in total. The molecule has 40 heavy (non-hydrogen) atoms. The molecule has 1 unspecified atom stereocenters. The van der Waals surface area contributed by atoms with Crippen molar-refractivity contribution in [3.05, 3.63) is 95.1 Å². The van der Waals surface area contributed by atoms with Gasteiger partial charge in [-0.15, -0.1) is 0 Å². The predicted molar refractivity (Wildman–Crippen MR) is 161 cm³/mol. The Labute approximate surface area is 239 Å². The summed E-state index contributed by atoms with van der Waals surface area (Å²) in [6.07, 6.45) is 1.25. The Hall–Kier alpha value is -3.80. The molecule has 0 saturated heterocycles. The molecule has 6 heteroatoms. The van der Waals surface area contributed by atoms with Gasteiger partial charge in [0.2, 0.25) is 11.8 Å². The Bertz CT molecular complexity index is 1230. The molecule has 0 aliphatic rings. The number of nitrogens with one attached hydrogen (secondary N) is 1. The third kappa shape index (κ3) is 9.15. The van der Waals surface area contributed by atoms with E-state index in [4.69, 9.17) is 9.47 Å². The number of carbonyl (C=O) groups excluding carboxylic acids is 2. The van der Waals surface area contributed by atoms with Crippen molar-refractivity contribution >= 4 is 11.8 Å². The van der Waals surface area contributed by atoms with E-state index in [1.165, 1.54) is 0 Å². The van der Waals surface area contributed by atoms with E-state index < -0.39 is 6.04 Å². The lowest BCUT2D eigenvalue weighted by Crippen LogP contribution is -2.51. The quantitative estimate of drug-likeness (QED) is 0.250. The maximum absolute atomic E-state index is 14.0. The van der Waals surface area contributed by atoms with Gasteiger partial charge in [0.1, 0.15) is 6.04 Å². The molecule has 3 rings (SSSR count). The summed E-state index contributed by atoms with van der Waals surface area (Å²) in [4.78, 5) is 29.4. The Kier molecular flexibility index (Phi) is 12.1. The van der Waals surface area contributed by atoms with Gasteiger partial charge in [-0.25, -0.2) is 0 Å². The molecular weight excluding hydrogens is 500 g/mol. The van der Waals surface area contributed by atoms with Crippen LogP contribution in [0.25, 0.3) is 0 Å². The van der Waals surface area contributed by atoms with E-state index in [1.807, 2.05) is 93.6 Å². The lowest BCUT2D eigenvalue weighted by atomic mass is 10.00. The molecule has 1 atom stereocenters. The normalized spacial score (nSPS) is 11.7. The van der Waals surface area contributed by atoms with E-state index in [2.05, 4.69) is 19.2 Å². The monoisotopic (exact) mass is 544 g/mol. The van der Waals surface area contributed by atoms with E-state index in [0.717, 1.165) is 22.3 Å². The summed E-state index contributed by atoms with van der Waals surface area (Å²) >= 11 is 0. The van der Waals surface area contributed by atoms with Crippen molar-refractivity contribution in [3.8, 4) is 11.5 Å². The lowest BCUT2D eigenvalue weighted by molar-refractivity contribution is -0.141. The minimum Gasteiger partial charge on any atom is -0.490 e. The Morgan fingerprint density at radius 3 is 2.20 bits per heavy atom. The SMILES string of the molecule is CCOc1ccc(CCC(=O)N(Cc2ccccc2C)C(Cc2ccccc2)C(=O)NCC(C)C)cc1OCC. The summed E-state index contributed by atoms with van der Waals surface area (Å²) in [7, 11) is 0. The van der Waals surface area contributed by atoms with Gasteiger partial charge in [-0.2, -0.15) is 0 Å². The molecular formula is C34H44N2O4. The minimum atomic E-state index is -0.632. The number of benzene rings is 3. The van der Waals surface area contributed by atoms with E-state index >= 15 is 0 Å². The first-order chi connectivity index (χ1) is 19.3. The van der Waals surface area contributed by atoms with Crippen LogP contribution in [0.3, 0.4) is 0 Å². The molecule has 3 aromatic carbocycles. The van der Waals surface area contributed by atoms with Crippen LogP contribution in [0.4, 0.5) is 0 Å². The third-order valence-electron chi connectivity index (χ3n) is 6.79. The molecule has 0 heterocycles. The zero-order chi connectivity index (χ0) is 28.9. The molecule has 3 aromatic rings. The Balaban J connectivity index is 1.90. The van der Waals surface area contributed by atoms with E-state index in [-0.39, 0.29) is 18.2 Å². The van der Waals surface area contributed by atoms with Gasteiger partial charge in [0.05, 0.1) is 13.2 Å². The van der Waals surface area contributed by atoms with Crippen LogP contribution in [-0.2, 0) is 29.0 Å². The summed E-state index contributed by atoms with van der Waals surface area (Å²) in [6.45, 7) is 12.0. The van der Waals surface area contributed by atoms with E-state index in [0.29, 0.717) is 56.6 Å². The Morgan fingerprint density at radius 2 is 1.52 bits per heavy atom. The van der Waals surface area contributed by atoms with E-state index in [1.54, 1.807) is 4.90 Å². The number of ether oxygens (including phenoxy) is 2. The highest BCUT2D eigenvalue weighted by atomic mass is 16.5. The summed E-state index contributed by atoms with van der Waals surface area (Å²) in [6, 6.07) is 23.1. The molecule has 0 aromatic heterocycles. The van der Waals surface area contributed by atoms with Crippen LogP contribution in [0.5, 0.6) is 11.5 Å². The molecule has 0 bridgehead atoms. The average molecular weight is 545 g/mol. The predicted octanol–water partition coefficient (Wildman–Crippen LogP) is 6.14. The number of amides is 2. The van der Waals surface area contributed by atoms with Crippen molar-refractivity contribution in [3.63, 3.8) is 0 Å². The summed E-state index contributed by atoms with van der Waals surface area (Å²) in [5.41, 5.74) is 4.13. The highest BCUT2D eigenvalue weighted by Crippen LogP contribution is 2.29. The fourth-order valence-corrected chi connectivity index (χ4v) is 4.59. The van der Waals surface area contributed by atoms with Gasteiger partial charge in [-0.05, 0) is 67.5 Å². The van der Waals surface area contributed by atoms with Crippen LogP contribution in [-0.4, -0.2) is 42.5 Å². The molecule has 2 amide bonds. The second kappa shape index (κ2) is 15.7. The third-order valence-corrected chi connectivity index (χ3v) is 6.79.